The van der Waals surface area contributed by atoms with E-state index in [1.807, 2.05) is 18.2 Å². The normalized spacial score (nSPS) is 9.62. The van der Waals surface area contributed by atoms with Crippen LogP contribution in [0, 0.1) is 0 Å². The van der Waals surface area contributed by atoms with Crippen molar-refractivity contribution in [3.05, 3.63) is 42.5 Å². The van der Waals surface area contributed by atoms with E-state index in [1.165, 1.54) is 12.0 Å². The van der Waals surface area contributed by atoms with Crippen LogP contribution in [0.2, 0.25) is 0 Å². The molecule has 1 rings (SSSR count). The molecular weight excluding hydrogens is 160 g/mol. The maximum atomic E-state index is 5.08. The first kappa shape index (κ1) is 9.85. The van der Waals surface area contributed by atoms with Gasteiger partial charge in [0.15, 0.2) is 0 Å². The van der Waals surface area contributed by atoms with Gasteiger partial charge in [-0.3, -0.25) is 0 Å². The first-order chi connectivity index (χ1) is 6.36. The SMILES string of the molecule is C=CCCCc1ccc(OC)cc1. The Morgan fingerprint density at radius 3 is 2.54 bits per heavy atom. The van der Waals surface area contributed by atoms with Crippen molar-refractivity contribution in [2.24, 2.45) is 0 Å². The molecule has 1 nitrogen and oxygen atoms in total. The first-order valence-corrected chi connectivity index (χ1v) is 4.60. The van der Waals surface area contributed by atoms with Crippen LogP contribution in [0.1, 0.15) is 18.4 Å². The van der Waals surface area contributed by atoms with E-state index in [-0.39, 0.29) is 0 Å². The summed E-state index contributed by atoms with van der Waals surface area (Å²) >= 11 is 0. The van der Waals surface area contributed by atoms with Gasteiger partial charge in [0.25, 0.3) is 0 Å². The van der Waals surface area contributed by atoms with Crippen LogP contribution in [-0.4, -0.2) is 7.11 Å². The molecule has 0 aliphatic heterocycles. The number of allylic oxidation sites excluding steroid dienone is 1. The van der Waals surface area contributed by atoms with Crippen LogP contribution >= 0.6 is 0 Å². The molecule has 0 radical (unpaired) electrons. The molecule has 13 heavy (non-hydrogen) atoms. The Morgan fingerprint density at radius 2 is 2.00 bits per heavy atom. The van der Waals surface area contributed by atoms with Crippen LogP contribution in [-0.2, 0) is 6.42 Å². The minimum atomic E-state index is 0.924. The van der Waals surface area contributed by atoms with E-state index in [9.17, 15) is 0 Å². The molecule has 1 heteroatoms. The number of benzene rings is 1. The molecule has 0 heterocycles. The highest BCUT2D eigenvalue weighted by Gasteiger charge is 1.93. The summed E-state index contributed by atoms with van der Waals surface area (Å²) in [6, 6.07) is 8.23. The summed E-state index contributed by atoms with van der Waals surface area (Å²) in [6.45, 7) is 3.70. The molecule has 0 aromatic heterocycles. The van der Waals surface area contributed by atoms with Gasteiger partial charge in [-0.2, -0.15) is 0 Å². The molecule has 0 fully saturated rings. The number of aryl methyl sites for hydroxylation is 1. The topological polar surface area (TPSA) is 9.23 Å². The van der Waals surface area contributed by atoms with E-state index in [0.717, 1.165) is 18.6 Å². The number of rotatable bonds is 5. The fraction of sp³-hybridized carbons (Fsp3) is 0.333. The van der Waals surface area contributed by atoms with Crippen LogP contribution in [0.15, 0.2) is 36.9 Å². The standard InChI is InChI=1S/C12H16O/c1-3-4-5-6-11-7-9-12(13-2)10-8-11/h3,7-10H,1,4-6H2,2H3. The zero-order valence-corrected chi connectivity index (χ0v) is 8.12. The van der Waals surface area contributed by atoms with Crippen molar-refractivity contribution in [1.82, 2.24) is 0 Å². The molecule has 0 spiro atoms. The van der Waals surface area contributed by atoms with E-state index in [2.05, 4.69) is 18.7 Å². The van der Waals surface area contributed by atoms with E-state index in [0.29, 0.717) is 0 Å². The zero-order chi connectivity index (χ0) is 9.52. The Bertz CT molecular complexity index is 248. The lowest BCUT2D eigenvalue weighted by molar-refractivity contribution is 0.414. The minimum absolute atomic E-state index is 0.924. The summed E-state index contributed by atoms with van der Waals surface area (Å²) in [6.07, 6.45) is 5.35. The van der Waals surface area contributed by atoms with Gasteiger partial charge in [0.05, 0.1) is 7.11 Å². The average Bonchev–Trinajstić information content (AvgIpc) is 2.19. The monoisotopic (exact) mass is 176 g/mol. The largest absolute Gasteiger partial charge is 0.497 e. The molecule has 0 saturated carbocycles. The van der Waals surface area contributed by atoms with Crippen LogP contribution < -0.4 is 4.74 Å². The van der Waals surface area contributed by atoms with E-state index in [1.54, 1.807) is 7.11 Å². The van der Waals surface area contributed by atoms with Gasteiger partial charge in [0.2, 0.25) is 0 Å². The molecular formula is C12H16O. The highest BCUT2D eigenvalue weighted by molar-refractivity contribution is 5.27. The Kier molecular flexibility index (Phi) is 4.10. The second-order valence-electron chi connectivity index (χ2n) is 3.03. The number of unbranched alkanes of at least 4 members (excludes halogenated alkanes) is 1. The smallest absolute Gasteiger partial charge is 0.118 e. The highest BCUT2D eigenvalue weighted by atomic mass is 16.5. The van der Waals surface area contributed by atoms with Gasteiger partial charge in [-0.25, -0.2) is 0 Å². The highest BCUT2D eigenvalue weighted by Crippen LogP contribution is 2.12. The molecule has 1 aromatic carbocycles. The summed E-state index contributed by atoms with van der Waals surface area (Å²) in [7, 11) is 1.69. The van der Waals surface area contributed by atoms with Gasteiger partial charge in [-0.05, 0) is 37.0 Å². The fourth-order valence-corrected chi connectivity index (χ4v) is 1.24. The van der Waals surface area contributed by atoms with Gasteiger partial charge in [0.1, 0.15) is 5.75 Å². The van der Waals surface area contributed by atoms with Crippen molar-refractivity contribution in [3.63, 3.8) is 0 Å². The maximum absolute atomic E-state index is 5.08. The van der Waals surface area contributed by atoms with E-state index < -0.39 is 0 Å². The molecule has 0 saturated heterocycles. The Hall–Kier alpha value is -1.24. The molecule has 0 aliphatic rings. The first-order valence-electron chi connectivity index (χ1n) is 4.60. The molecule has 70 valence electrons. The van der Waals surface area contributed by atoms with Crippen LogP contribution in [0.4, 0.5) is 0 Å². The number of ether oxygens (including phenoxy) is 1. The third-order valence-electron chi connectivity index (χ3n) is 2.03. The second-order valence-corrected chi connectivity index (χ2v) is 3.03. The minimum Gasteiger partial charge on any atom is -0.497 e. The quantitative estimate of drug-likeness (QED) is 0.494. The zero-order valence-electron chi connectivity index (χ0n) is 8.12. The predicted octanol–water partition coefficient (Wildman–Crippen LogP) is 3.20. The Morgan fingerprint density at radius 1 is 1.31 bits per heavy atom. The van der Waals surface area contributed by atoms with Crippen LogP contribution in [0.25, 0.3) is 0 Å². The van der Waals surface area contributed by atoms with Crippen molar-refractivity contribution < 1.29 is 4.74 Å². The molecule has 1 aromatic rings. The third-order valence-corrected chi connectivity index (χ3v) is 2.03. The van der Waals surface area contributed by atoms with Crippen LogP contribution in [0.3, 0.4) is 0 Å². The molecule has 0 amide bonds. The van der Waals surface area contributed by atoms with Gasteiger partial charge in [-0.1, -0.05) is 18.2 Å². The van der Waals surface area contributed by atoms with Gasteiger partial charge < -0.3 is 4.74 Å². The fourth-order valence-electron chi connectivity index (χ4n) is 1.24. The maximum Gasteiger partial charge on any atom is 0.118 e. The molecule has 0 atom stereocenters. The molecule has 0 aliphatic carbocycles. The molecule has 0 bridgehead atoms. The lowest BCUT2D eigenvalue weighted by Crippen LogP contribution is -1.86. The molecule has 0 unspecified atom stereocenters. The van der Waals surface area contributed by atoms with Crippen molar-refractivity contribution in [1.29, 1.82) is 0 Å². The number of hydrogen-bond acceptors (Lipinski definition) is 1. The number of hydrogen-bond donors (Lipinski definition) is 0. The van der Waals surface area contributed by atoms with E-state index >= 15 is 0 Å². The van der Waals surface area contributed by atoms with Gasteiger partial charge in [0, 0.05) is 0 Å². The van der Waals surface area contributed by atoms with Crippen molar-refractivity contribution >= 4 is 0 Å². The number of methoxy groups -OCH3 is 1. The molecule has 0 N–H and O–H groups in total. The van der Waals surface area contributed by atoms with E-state index in [4.69, 9.17) is 4.74 Å². The Balaban J connectivity index is 2.44. The summed E-state index contributed by atoms with van der Waals surface area (Å²) in [5, 5.41) is 0. The summed E-state index contributed by atoms with van der Waals surface area (Å²) < 4.78 is 5.08. The second kappa shape index (κ2) is 5.41. The lowest BCUT2D eigenvalue weighted by atomic mass is 10.1. The average molecular weight is 176 g/mol. The van der Waals surface area contributed by atoms with Crippen molar-refractivity contribution in [3.8, 4) is 5.75 Å². The lowest BCUT2D eigenvalue weighted by Gasteiger charge is -2.01. The summed E-state index contributed by atoms with van der Waals surface area (Å²) in [5.74, 6) is 0.924. The summed E-state index contributed by atoms with van der Waals surface area (Å²) in [4.78, 5) is 0. The predicted molar refractivity (Wildman–Crippen MR) is 56.1 cm³/mol. The van der Waals surface area contributed by atoms with Crippen molar-refractivity contribution in [2.75, 3.05) is 7.11 Å². The Labute approximate surface area is 80.0 Å². The van der Waals surface area contributed by atoms with Crippen LogP contribution in [0.5, 0.6) is 5.75 Å². The van der Waals surface area contributed by atoms with Gasteiger partial charge in [-0.15, -0.1) is 6.58 Å². The van der Waals surface area contributed by atoms with Crippen molar-refractivity contribution in [2.45, 2.75) is 19.3 Å². The third kappa shape index (κ3) is 3.32. The summed E-state index contributed by atoms with van der Waals surface area (Å²) in [5.41, 5.74) is 1.36. The van der Waals surface area contributed by atoms with Gasteiger partial charge >= 0.3 is 0 Å².